The Bertz CT molecular complexity index is 1870. The smallest absolute Gasteiger partial charge is 0.311 e. The molecular weight excluding hydrogens is 625 g/mol. The van der Waals surface area contributed by atoms with Gasteiger partial charge in [0.1, 0.15) is 0 Å². The molecule has 45 heavy (non-hydrogen) atoms. The van der Waals surface area contributed by atoms with Crippen LogP contribution in [-0.4, -0.2) is 17.8 Å². The fourth-order valence-electron chi connectivity index (χ4n) is 5.79. The summed E-state index contributed by atoms with van der Waals surface area (Å²) in [6.45, 7) is 8.62. The van der Waals surface area contributed by atoms with E-state index in [0.29, 0.717) is 15.3 Å². The van der Waals surface area contributed by atoms with Crippen molar-refractivity contribution in [3.63, 3.8) is 0 Å². The van der Waals surface area contributed by atoms with Crippen molar-refractivity contribution < 1.29 is 26.3 Å². The Labute approximate surface area is 266 Å². The van der Waals surface area contributed by atoms with Crippen LogP contribution in [0.15, 0.2) is 84.9 Å². The van der Waals surface area contributed by atoms with Gasteiger partial charge in [0.15, 0.2) is 0 Å². The van der Waals surface area contributed by atoms with Crippen LogP contribution in [0.5, 0.6) is 0 Å². The molecule has 2 aromatic heterocycles. The van der Waals surface area contributed by atoms with Gasteiger partial charge in [0.05, 0.1) is 0 Å². The van der Waals surface area contributed by atoms with Gasteiger partial charge in [-0.05, 0) is 99.8 Å². The zero-order valence-corrected chi connectivity index (χ0v) is 26.7. The van der Waals surface area contributed by atoms with E-state index in [1.165, 1.54) is 26.0 Å². The maximum absolute atomic E-state index is 15.5. The first kappa shape index (κ1) is 31.2. The second-order valence-corrected chi connectivity index (χ2v) is 14.2. The fraction of sp³-hybridized carbons (Fsp3) is 0.222. The summed E-state index contributed by atoms with van der Waals surface area (Å²) in [4.78, 5) is 3.69. The van der Waals surface area contributed by atoms with Crippen molar-refractivity contribution in [1.29, 1.82) is 0 Å². The van der Waals surface area contributed by atoms with Crippen molar-refractivity contribution in [3.8, 4) is 10.4 Å². The molecule has 0 amide bonds. The molecule has 6 rings (SSSR count). The molecule has 0 spiro atoms. The molecule has 0 aliphatic heterocycles. The van der Waals surface area contributed by atoms with E-state index in [0.717, 1.165) is 50.9 Å². The van der Waals surface area contributed by atoms with Crippen molar-refractivity contribution in [1.82, 2.24) is 0 Å². The van der Waals surface area contributed by atoms with E-state index < -0.39 is 28.9 Å². The van der Waals surface area contributed by atoms with Crippen LogP contribution < -0.4 is 4.90 Å². The van der Waals surface area contributed by atoms with Gasteiger partial charge in [0.25, 0.3) is 0 Å². The van der Waals surface area contributed by atoms with E-state index in [2.05, 4.69) is 4.90 Å². The van der Waals surface area contributed by atoms with Crippen molar-refractivity contribution in [2.45, 2.75) is 52.4 Å². The van der Waals surface area contributed by atoms with Gasteiger partial charge in [-0.2, -0.15) is 26.3 Å². The predicted octanol–water partition coefficient (Wildman–Crippen LogP) is 12.3. The number of halogens is 6. The molecule has 1 aliphatic carbocycles. The summed E-state index contributed by atoms with van der Waals surface area (Å²) in [5.74, 6) is -15.7. The number of allylic oxidation sites excluding steroid dienone is 2. The number of hydrogen-bond donors (Lipinski definition) is 0. The Morgan fingerprint density at radius 3 is 1.33 bits per heavy atom. The zero-order chi connectivity index (χ0) is 32.5. The van der Waals surface area contributed by atoms with E-state index in [1.807, 2.05) is 86.6 Å². The highest BCUT2D eigenvalue weighted by molar-refractivity contribution is 7.15. The molecule has 9 heteroatoms. The highest BCUT2D eigenvalue weighted by Gasteiger charge is 2.80. The van der Waals surface area contributed by atoms with Crippen LogP contribution in [-0.2, 0) is 0 Å². The lowest BCUT2D eigenvalue weighted by Gasteiger charge is -2.26. The molecule has 0 unspecified atom stereocenters. The standard InChI is InChI=1S/C36H29F6NS2/c1-20-6-12-26(13-7-20)43(27-14-8-21(2)9-15-27)28-16-10-25(11-17-28)31-19-30(24(5)45-31)33-32(29-18-22(3)44-23(29)4)34(37,38)36(41,42)35(33,39)40/h6-19H,1-5H3. The quantitative estimate of drug-likeness (QED) is 0.165. The molecule has 3 aromatic carbocycles. The van der Waals surface area contributed by atoms with Gasteiger partial charge in [-0.3, -0.25) is 0 Å². The summed E-state index contributed by atoms with van der Waals surface area (Å²) < 4.78 is 91.3. The van der Waals surface area contributed by atoms with Crippen molar-refractivity contribution >= 4 is 50.9 Å². The average Bonchev–Trinajstić information content (AvgIpc) is 3.56. The number of alkyl halides is 6. The third-order valence-corrected chi connectivity index (χ3v) is 10.2. The predicted molar refractivity (Wildman–Crippen MR) is 174 cm³/mol. The minimum atomic E-state index is -5.58. The van der Waals surface area contributed by atoms with Crippen LogP contribution in [0.1, 0.15) is 36.9 Å². The molecule has 0 atom stereocenters. The Morgan fingerprint density at radius 2 is 0.911 bits per heavy atom. The molecule has 0 saturated heterocycles. The Balaban J connectivity index is 1.45. The molecular formula is C36H29F6NS2. The molecule has 0 bridgehead atoms. The third kappa shape index (κ3) is 5.00. The molecule has 2 heterocycles. The topological polar surface area (TPSA) is 3.24 Å². The minimum Gasteiger partial charge on any atom is -0.311 e. The van der Waals surface area contributed by atoms with Crippen LogP contribution >= 0.6 is 22.7 Å². The van der Waals surface area contributed by atoms with Gasteiger partial charge in [-0.25, -0.2) is 0 Å². The number of thiophene rings is 2. The minimum absolute atomic E-state index is 0.250. The maximum atomic E-state index is 15.5. The zero-order valence-electron chi connectivity index (χ0n) is 25.1. The SMILES string of the molecule is Cc1ccc(N(c2ccc(C)cc2)c2ccc(-c3cc(C4=C(c5cc(C)sc5C)C(F)(F)C(F)(F)C4(F)F)c(C)s3)cc2)cc1. The van der Waals surface area contributed by atoms with Gasteiger partial charge in [-0.15, -0.1) is 22.7 Å². The van der Waals surface area contributed by atoms with E-state index in [9.17, 15) is 8.78 Å². The van der Waals surface area contributed by atoms with E-state index in [-0.39, 0.29) is 20.9 Å². The number of benzene rings is 3. The largest absolute Gasteiger partial charge is 0.380 e. The molecule has 1 aliphatic rings. The average molecular weight is 654 g/mol. The van der Waals surface area contributed by atoms with E-state index in [1.54, 1.807) is 6.92 Å². The lowest BCUT2D eigenvalue weighted by Crippen LogP contribution is -2.48. The summed E-state index contributed by atoms with van der Waals surface area (Å²) in [6, 6.07) is 26.2. The van der Waals surface area contributed by atoms with Crippen LogP contribution in [0.4, 0.5) is 43.4 Å². The van der Waals surface area contributed by atoms with Gasteiger partial charge < -0.3 is 4.90 Å². The Morgan fingerprint density at radius 1 is 0.511 bits per heavy atom. The molecule has 0 radical (unpaired) electrons. The Kier molecular flexibility index (Phi) is 7.56. The lowest BCUT2D eigenvalue weighted by atomic mass is 9.95. The summed E-state index contributed by atoms with van der Waals surface area (Å²) in [7, 11) is 0. The lowest BCUT2D eigenvalue weighted by molar-refractivity contribution is -0.254. The first-order chi connectivity index (χ1) is 21.1. The van der Waals surface area contributed by atoms with Crippen LogP contribution in [0.3, 0.4) is 0 Å². The van der Waals surface area contributed by atoms with Crippen molar-refractivity contribution in [3.05, 3.63) is 122 Å². The fourth-order valence-corrected chi connectivity index (χ4v) is 7.76. The summed E-state index contributed by atoms with van der Waals surface area (Å²) in [5, 5.41) is 0. The number of anilines is 3. The molecule has 232 valence electrons. The van der Waals surface area contributed by atoms with E-state index in [4.69, 9.17) is 0 Å². The Hall–Kier alpha value is -3.82. The van der Waals surface area contributed by atoms with Gasteiger partial charge in [0, 0.05) is 47.7 Å². The number of aryl methyl sites for hydroxylation is 5. The van der Waals surface area contributed by atoms with Crippen molar-refractivity contribution in [2.75, 3.05) is 4.90 Å². The van der Waals surface area contributed by atoms with Gasteiger partial charge >= 0.3 is 17.8 Å². The van der Waals surface area contributed by atoms with Gasteiger partial charge in [-0.1, -0.05) is 47.5 Å². The molecule has 1 nitrogen and oxygen atoms in total. The first-order valence-corrected chi connectivity index (χ1v) is 15.9. The van der Waals surface area contributed by atoms with Crippen LogP contribution in [0.2, 0.25) is 0 Å². The third-order valence-electron chi connectivity index (χ3n) is 8.16. The van der Waals surface area contributed by atoms with Crippen LogP contribution in [0.25, 0.3) is 21.6 Å². The summed E-state index contributed by atoms with van der Waals surface area (Å²) >= 11 is 2.21. The number of hydrogen-bond acceptors (Lipinski definition) is 3. The number of rotatable bonds is 6. The van der Waals surface area contributed by atoms with E-state index >= 15 is 17.6 Å². The van der Waals surface area contributed by atoms with Crippen LogP contribution in [0, 0.1) is 34.6 Å². The second-order valence-electron chi connectivity index (χ2n) is 11.4. The highest BCUT2D eigenvalue weighted by Crippen LogP contribution is 2.66. The summed E-state index contributed by atoms with van der Waals surface area (Å²) in [5.41, 5.74) is 2.45. The maximum Gasteiger partial charge on any atom is 0.380 e. The monoisotopic (exact) mass is 653 g/mol. The molecule has 0 fully saturated rings. The van der Waals surface area contributed by atoms with Gasteiger partial charge in [0.2, 0.25) is 0 Å². The molecule has 0 N–H and O–H groups in total. The normalized spacial score (nSPS) is 16.8. The first-order valence-electron chi connectivity index (χ1n) is 14.2. The summed E-state index contributed by atoms with van der Waals surface area (Å²) in [6.07, 6.45) is 0. The van der Waals surface area contributed by atoms with Crippen molar-refractivity contribution in [2.24, 2.45) is 0 Å². The molecule has 0 saturated carbocycles. The molecule has 5 aromatic rings. The number of nitrogens with zero attached hydrogens (tertiary/aromatic N) is 1. The second kappa shape index (κ2) is 10.9. The highest BCUT2D eigenvalue weighted by atomic mass is 32.1.